The van der Waals surface area contributed by atoms with Crippen molar-refractivity contribution in [2.45, 2.75) is 38.3 Å². The first-order valence-electron chi connectivity index (χ1n) is 8.96. The highest BCUT2D eigenvalue weighted by molar-refractivity contribution is 6.31. The van der Waals surface area contributed by atoms with Crippen LogP contribution in [0.25, 0.3) is 0 Å². The number of ether oxygens (including phenoxy) is 1. The minimum absolute atomic E-state index is 0.000688. The Hall–Kier alpha value is -2.00. The molecule has 4 rings (SSSR count). The fourth-order valence-corrected chi connectivity index (χ4v) is 4.37. The van der Waals surface area contributed by atoms with Gasteiger partial charge in [-0.15, -0.1) is 0 Å². The fourth-order valence-electron chi connectivity index (χ4n) is 4.18. The van der Waals surface area contributed by atoms with Gasteiger partial charge >= 0.3 is 0 Å². The second-order valence-electron chi connectivity index (χ2n) is 7.16. The average molecular weight is 356 g/mol. The van der Waals surface area contributed by atoms with Crippen molar-refractivity contribution in [2.75, 3.05) is 0 Å². The van der Waals surface area contributed by atoms with E-state index in [1.807, 2.05) is 42.5 Å². The predicted octanol–water partition coefficient (Wildman–Crippen LogP) is 4.84. The van der Waals surface area contributed by atoms with Gasteiger partial charge in [-0.2, -0.15) is 0 Å². The second-order valence-corrected chi connectivity index (χ2v) is 7.57. The van der Waals surface area contributed by atoms with Gasteiger partial charge in [-0.25, -0.2) is 0 Å². The Bertz CT molecular complexity index is 776. The highest BCUT2D eigenvalue weighted by atomic mass is 35.5. The molecule has 2 aromatic carbocycles. The Balaban J connectivity index is 1.39. The summed E-state index contributed by atoms with van der Waals surface area (Å²) in [6.07, 6.45) is 5.02. The molecule has 0 aliphatic heterocycles. The lowest BCUT2D eigenvalue weighted by molar-refractivity contribution is 0.0922. The number of nitrogens with one attached hydrogen (secondary N) is 1. The third kappa shape index (κ3) is 3.67. The molecule has 3 nitrogen and oxygen atoms in total. The lowest BCUT2D eigenvalue weighted by atomic mass is 9.95. The summed E-state index contributed by atoms with van der Waals surface area (Å²) in [5.74, 6) is 2.18. The standard InChI is InChI=1S/C21H22ClNO2/c22-19-7-2-1-4-17(19)13-25-18-6-3-5-16(12-18)21(24)23-20-11-14-8-9-15(20)10-14/h1-7,12,14-15,20H,8-11,13H2,(H,23,24)/t14-,15+,20+/m0/s1. The Morgan fingerprint density at radius 3 is 2.76 bits per heavy atom. The van der Waals surface area contributed by atoms with Crippen LogP contribution in [0.3, 0.4) is 0 Å². The highest BCUT2D eigenvalue weighted by Gasteiger charge is 2.40. The smallest absolute Gasteiger partial charge is 0.251 e. The van der Waals surface area contributed by atoms with E-state index in [1.54, 1.807) is 6.07 Å². The Morgan fingerprint density at radius 2 is 2.00 bits per heavy atom. The summed E-state index contributed by atoms with van der Waals surface area (Å²) in [6, 6.07) is 15.3. The quantitative estimate of drug-likeness (QED) is 0.833. The van der Waals surface area contributed by atoms with E-state index in [1.165, 1.54) is 19.3 Å². The van der Waals surface area contributed by atoms with Gasteiger partial charge in [-0.05, 0) is 55.4 Å². The molecule has 1 N–H and O–H groups in total. The van der Waals surface area contributed by atoms with Crippen molar-refractivity contribution in [3.05, 3.63) is 64.7 Å². The Labute approximate surface area is 153 Å². The van der Waals surface area contributed by atoms with Gasteiger partial charge in [-0.3, -0.25) is 4.79 Å². The predicted molar refractivity (Wildman–Crippen MR) is 98.9 cm³/mol. The molecule has 2 bridgehead atoms. The molecule has 0 spiro atoms. The van der Waals surface area contributed by atoms with Crippen molar-refractivity contribution in [2.24, 2.45) is 11.8 Å². The number of amides is 1. The molecule has 3 atom stereocenters. The van der Waals surface area contributed by atoms with E-state index in [0.29, 0.717) is 34.9 Å². The van der Waals surface area contributed by atoms with Crippen LogP contribution in [0.15, 0.2) is 48.5 Å². The maximum Gasteiger partial charge on any atom is 0.251 e. The van der Waals surface area contributed by atoms with Crippen LogP contribution < -0.4 is 10.1 Å². The van der Waals surface area contributed by atoms with Crippen LogP contribution in [0.2, 0.25) is 5.02 Å². The minimum Gasteiger partial charge on any atom is -0.489 e. The van der Waals surface area contributed by atoms with Gasteiger partial charge in [0, 0.05) is 22.2 Å². The van der Waals surface area contributed by atoms with Crippen molar-refractivity contribution in [3.63, 3.8) is 0 Å². The first-order valence-corrected chi connectivity index (χ1v) is 9.34. The molecule has 0 saturated heterocycles. The topological polar surface area (TPSA) is 38.3 Å². The SMILES string of the molecule is O=C(N[C@@H]1C[C@H]2CC[C@@H]1C2)c1cccc(OCc2ccccc2Cl)c1. The third-order valence-corrected chi connectivity index (χ3v) is 5.87. The van der Waals surface area contributed by atoms with Crippen LogP contribution in [0, 0.1) is 11.8 Å². The van der Waals surface area contributed by atoms with Gasteiger partial charge in [0.15, 0.2) is 0 Å². The van der Waals surface area contributed by atoms with Gasteiger partial charge in [-0.1, -0.05) is 42.3 Å². The van der Waals surface area contributed by atoms with E-state index in [2.05, 4.69) is 5.32 Å². The van der Waals surface area contributed by atoms with Crippen molar-refractivity contribution in [1.29, 1.82) is 0 Å². The van der Waals surface area contributed by atoms with Crippen LogP contribution >= 0.6 is 11.6 Å². The summed E-state index contributed by atoms with van der Waals surface area (Å²) >= 11 is 6.15. The van der Waals surface area contributed by atoms with Crippen molar-refractivity contribution in [1.82, 2.24) is 5.32 Å². The Kier molecular flexibility index (Phi) is 4.67. The summed E-state index contributed by atoms with van der Waals surface area (Å²) < 4.78 is 5.82. The van der Waals surface area contributed by atoms with E-state index in [0.717, 1.165) is 17.9 Å². The monoisotopic (exact) mass is 355 g/mol. The van der Waals surface area contributed by atoms with Crippen LogP contribution in [0.5, 0.6) is 5.75 Å². The Morgan fingerprint density at radius 1 is 1.12 bits per heavy atom. The summed E-state index contributed by atoms with van der Waals surface area (Å²) in [6.45, 7) is 0.386. The maximum absolute atomic E-state index is 12.6. The van der Waals surface area contributed by atoms with Crippen molar-refractivity contribution < 1.29 is 9.53 Å². The van der Waals surface area contributed by atoms with Crippen LogP contribution in [-0.4, -0.2) is 11.9 Å². The molecule has 2 aromatic rings. The number of rotatable bonds is 5. The average Bonchev–Trinajstić information content (AvgIpc) is 3.24. The van der Waals surface area contributed by atoms with Crippen LogP contribution in [0.4, 0.5) is 0 Å². The molecule has 2 fully saturated rings. The molecule has 130 valence electrons. The third-order valence-electron chi connectivity index (χ3n) is 5.50. The maximum atomic E-state index is 12.6. The summed E-state index contributed by atoms with van der Waals surface area (Å²) in [4.78, 5) is 12.6. The number of halogens is 1. The van der Waals surface area contributed by atoms with Crippen LogP contribution in [-0.2, 0) is 6.61 Å². The molecule has 2 aliphatic carbocycles. The highest BCUT2D eigenvalue weighted by Crippen LogP contribution is 2.44. The first-order chi connectivity index (χ1) is 12.2. The van der Waals surface area contributed by atoms with Gasteiger partial charge in [0.1, 0.15) is 12.4 Å². The number of hydrogen-bond donors (Lipinski definition) is 1. The summed E-state index contributed by atoms with van der Waals surface area (Å²) in [5, 5.41) is 3.91. The van der Waals surface area contributed by atoms with E-state index in [4.69, 9.17) is 16.3 Å². The lowest BCUT2D eigenvalue weighted by Gasteiger charge is -2.23. The molecule has 4 heteroatoms. The molecule has 2 aliphatic rings. The van der Waals surface area contributed by atoms with Crippen molar-refractivity contribution in [3.8, 4) is 5.75 Å². The first kappa shape index (κ1) is 16.5. The second kappa shape index (κ2) is 7.09. The number of hydrogen-bond acceptors (Lipinski definition) is 2. The molecule has 25 heavy (non-hydrogen) atoms. The largest absolute Gasteiger partial charge is 0.489 e. The zero-order valence-electron chi connectivity index (χ0n) is 14.1. The summed E-state index contributed by atoms with van der Waals surface area (Å²) in [5.41, 5.74) is 1.58. The molecule has 2 saturated carbocycles. The molecule has 0 radical (unpaired) electrons. The molecule has 0 aromatic heterocycles. The van der Waals surface area contributed by atoms with E-state index in [9.17, 15) is 4.79 Å². The number of benzene rings is 2. The molecular formula is C21H22ClNO2. The van der Waals surface area contributed by atoms with Gasteiger partial charge in [0.2, 0.25) is 0 Å². The number of fused-ring (bicyclic) bond motifs is 2. The molecule has 1 amide bonds. The summed E-state index contributed by atoms with van der Waals surface area (Å²) in [7, 11) is 0. The fraction of sp³-hybridized carbons (Fsp3) is 0.381. The van der Waals surface area contributed by atoms with Crippen molar-refractivity contribution >= 4 is 17.5 Å². The van der Waals surface area contributed by atoms with Gasteiger partial charge in [0.05, 0.1) is 0 Å². The van der Waals surface area contributed by atoms with E-state index >= 15 is 0 Å². The van der Waals surface area contributed by atoms with E-state index < -0.39 is 0 Å². The van der Waals surface area contributed by atoms with Crippen LogP contribution in [0.1, 0.15) is 41.6 Å². The minimum atomic E-state index is 0.000688. The molecule has 0 unspecified atom stereocenters. The zero-order valence-corrected chi connectivity index (χ0v) is 14.8. The van der Waals surface area contributed by atoms with Gasteiger partial charge < -0.3 is 10.1 Å². The molecular weight excluding hydrogens is 334 g/mol. The number of carbonyl (C=O) groups excluding carboxylic acids is 1. The molecule has 0 heterocycles. The van der Waals surface area contributed by atoms with Gasteiger partial charge in [0.25, 0.3) is 5.91 Å². The zero-order chi connectivity index (χ0) is 17.2. The van der Waals surface area contributed by atoms with E-state index in [-0.39, 0.29) is 5.91 Å². The number of carbonyl (C=O) groups is 1. The lowest BCUT2D eigenvalue weighted by Crippen LogP contribution is -2.38. The normalized spacial score (nSPS) is 24.3.